The molecule has 3 amide bonds. The SMILES string of the molecule is Cc1cc(NC(=O)[C@H](C)N2C(=O)[C@H]3CC=CC[C@@H]3C2=O)ccc1Br. The lowest BCUT2D eigenvalue weighted by atomic mass is 9.85. The second-order valence-corrected chi connectivity index (χ2v) is 7.19. The number of carbonyl (C=O) groups excluding carboxylic acids is 3. The number of fused-ring (bicyclic) bond motifs is 1. The first kappa shape index (κ1) is 16.9. The van der Waals surface area contributed by atoms with Gasteiger partial charge >= 0.3 is 0 Å². The van der Waals surface area contributed by atoms with Gasteiger partial charge in [0.25, 0.3) is 0 Å². The first-order valence-electron chi connectivity index (χ1n) is 7.99. The number of hydrogen-bond acceptors (Lipinski definition) is 3. The van der Waals surface area contributed by atoms with Crippen LogP contribution in [0.5, 0.6) is 0 Å². The predicted molar refractivity (Wildman–Crippen MR) is 94.2 cm³/mol. The van der Waals surface area contributed by atoms with Crippen molar-refractivity contribution in [3.05, 3.63) is 40.4 Å². The fraction of sp³-hybridized carbons (Fsp3) is 0.389. The molecule has 3 rings (SSSR count). The van der Waals surface area contributed by atoms with Gasteiger partial charge < -0.3 is 5.32 Å². The zero-order chi connectivity index (χ0) is 17.4. The van der Waals surface area contributed by atoms with Crippen molar-refractivity contribution < 1.29 is 14.4 Å². The van der Waals surface area contributed by atoms with Crippen LogP contribution in [0.3, 0.4) is 0 Å². The molecule has 0 radical (unpaired) electrons. The molecule has 1 N–H and O–H groups in total. The van der Waals surface area contributed by atoms with Crippen molar-refractivity contribution >= 4 is 39.3 Å². The van der Waals surface area contributed by atoms with Crippen LogP contribution in [-0.4, -0.2) is 28.7 Å². The molecule has 126 valence electrons. The van der Waals surface area contributed by atoms with Crippen molar-refractivity contribution in [3.63, 3.8) is 0 Å². The summed E-state index contributed by atoms with van der Waals surface area (Å²) in [4.78, 5) is 38.7. The van der Waals surface area contributed by atoms with Crippen LogP contribution in [-0.2, 0) is 14.4 Å². The van der Waals surface area contributed by atoms with Crippen LogP contribution < -0.4 is 5.32 Å². The van der Waals surface area contributed by atoms with Crippen LogP contribution in [0.15, 0.2) is 34.8 Å². The van der Waals surface area contributed by atoms with Gasteiger partial charge in [0, 0.05) is 10.2 Å². The zero-order valence-corrected chi connectivity index (χ0v) is 15.2. The lowest BCUT2D eigenvalue weighted by Gasteiger charge is -2.22. The fourth-order valence-electron chi connectivity index (χ4n) is 3.29. The number of benzene rings is 1. The van der Waals surface area contributed by atoms with Gasteiger partial charge in [-0.15, -0.1) is 0 Å². The minimum atomic E-state index is -0.820. The van der Waals surface area contributed by atoms with Crippen molar-refractivity contribution in [2.45, 2.75) is 32.7 Å². The summed E-state index contributed by atoms with van der Waals surface area (Å²) in [7, 11) is 0. The molecule has 0 saturated carbocycles. The highest BCUT2D eigenvalue weighted by atomic mass is 79.9. The molecule has 1 heterocycles. The number of allylic oxidation sites excluding steroid dienone is 2. The first-order chi connectivity index (χ1) is 11.4. The van der Waals surface area contributed by atoms with E-state index in [-0.39, 0.29) is 29.6 Å². The van der Waals surface area contributed by atoms with Gasteiger partial charge in [-0.2, -0.15) is 0 Å². The number of anilines is 1. The summed E-state index contributed by atoms with van der Waals surface area (Å²) in [6, 6.07) is 4.65. The van der Waals surface area contributed by atoms with E-state index in [0.29, 0.717) is 18.5 Å². The molecular formula is C18H19BrN2O3. The van der Waals surface area contributed by atoms with Gasteiger partial charge in [-0.25, -0.2) is 0 Å². The Labute approximate surface area is 149 Å². The van der Waals surface area contributed by atoms with Gasteiger partial charge in [-0.3, -0.25) is 19.3 Å². The van der Waals surface area contributed by atoms with Crippen LogP contribution in [0.4, 0.5) is 5.69 Å². The van der Waals surface area contributed by atoms with E-state index in [9.17, 15) is 14.4 Å². The van der Waals surface area contributed by atoms with Crippen molar-refractivity contribution in [1.29, 1.82) is 0 Å². The Balaban J connectivity index is 1.74. The number of imide groups is 1. The van der Waals surface area contributed by atoms with E-state index in [1.807, 2.05) is 31.2 Å². The molecule has 6 heteroatoms. The lowest BCUT2D eigenvalue weighted by Crippen LogP contribution is -2.46. The number of carbonyl (C=O) groups is 3. The van der Waals surface area contributed by atoms with Crippen LogP contribution in [0.1, 0.15) is 25.3 Å². The number of hydrogen-bond donors (Lipinski definition) is 1. The van der Waals surface area contributed by atoms with Gasteiger partial charge in [0.05, 0.1) is 11.8 Å². The summed E-state index contributed by atoms with van der Waals surface area (Å²) in [6.07, 6.45) is 5.02. The number of nitrogens with zero attached hydrogens (tertiary/aromatic N) is 1. The second kappa shape index (κ2) is 6.51. The molecule has 1 aromatic carbocycles. The van der Waals surface area contributed by atoms with Gasteiger partial charge in [0.1, 0.15) is 6.04 Å². The molecule has 2 aliphatic rings. The maximum Gasteiger partial charge on any atom is 0.247 e. The van der Waals surface area contributed by atoms with Crippen LogP contribution in [0.25, 0.3) is 0 Å². The summed E-state index contributed by atoms with van der Waals surface area (Å²) < 4.78 is 0.954. The number of rotatable bonds is 3. The molecule has 1 aliphatic carbocycles. The second-order valence-electron chi connectivity index (χ2n) is 6.33. The van der Waals surface area contributed by atoms with E-state index < -0.39 is 6.04 Å². The van der Waals surface area contributed by atoms with E-state index in [0.717, 1.165) is 14.9 Å². The molecule has 1 aliphatic heterocycles. The van der Waals surface area contributed by atoms with E-state index in [1.54, 1.807) is 13.0 Å². The maximum atomic E-state index is 12.5. The molecule has 0 unspecified atom stereocenters. The predicted octanol–water partition coefficient (Wildman–Crippen LogP) is 3.04. The normalized spacial score (nSPS) is 24.0. The molecule has 1 saturated heterocycles. The third-order valence-electron chi connectivity index (χ3n) is 4.73. The summed E-state index contributed by atoms with van der Waals surface area (Å²) in [6.45, 7) is 3.52. The first-order valence-corrected chi connectivity index (χ1v) is 8.78. The lowest BCUT2D eigenvalue weighted by molar-refractivity contribution is -0.146. The Morgan fingerprint density at radius 3 is 2.33 bits per heavy atom. The maximum absolute atomic E-state index is 12.5. The van der Waals surface area contributed by atoms with Gasteiger partial charge in [0.15, 0.2) is 0 Å². The van der Waals surface area contributed by atoms with Crippen LogP contribution in [0, 0.1) is 18.8 Å². The molecule has 1 aromatic rings. The standard InChI is InChI=1S/C18H19BrN2O3/c1-10-9-12(7-8-15(10)19)20-16(22)11(2)21-17(23)13-5-3-4-6-14(13)18(21)24/h3-4,7-9,11,13-14H,5-6H2,1-2H3,(H,20,22)/t11-,13-,14-/m0/s1. The largest absolute Gasteiger partial charge is 0.324 e. The molecular weight excluding hydrogens is 372 g/mol. The summed E-state index contributed by atoms with van der Waals surface area (Å²) in [5.74, 6) is -1.45. The molecule has 0 bridgehead atoms. The van der Waals surface area contributed by atoms with E-state index in [4.69, 9.17) is 0 Å². The van der Waals surface area contributed by atoms with Crippen LogP contribution in [0.2, 0.25) is 0 Å². The third-order valence-corrected chi connectivity index (χ3v) is 5.62. The summed E-state index contributed by atoms with van der Waals surface area (Å²) >= 11 is 3.41. The Morgan fingerprint density at radius 2 is 1.79 bits per heavy atom. The number of nitrogens with one attached hydrogen (secondary N) is 1. The van der Waals surface area contributed by atoms with Crippen LogP contribution >= 0.6 is 15.9 Å². The minimum Gasteiger partial charge on any atom is -0.324 e. The van der Waals surface area contributed by atoms with Crippen molar-refractivity contribution in [2.75, 3.05) is 5.32 Å². The van der Waals surface area contributed by atoms with E-state index >= 15 is 0 Å². The quantitative estimate of drug-likeness (QED) is 0.636. The molecule has 0 spiro atoms. The highest BCUT2D eigenvalue weighted by molar-refractivity contribution is 9.10. The molecule has 24 heavy (non-hydrogen) atoms. The van der Waals surface area contributed by atoms with Gasteiger partial charge in [0.2, 0.25) is 17.7 Å². The van der Waals surface area contributed by atoms with Gasteiger partial charge in [-0.1, -0.05) is 28.1 Å². The Kier molecular flexibility index (Phi) is 4.58. The van der Waals surface area contributed by atoms with Crippen molar-refractivity contribution in [2.24, 2.45) is 11.8 Å². The van der Waals surface area contributed by atoms with Gasteiger partial charge in [-0.05, 0) is 50.5 Å². The summed E-state index contributed by atoms with van der Waals surface area (Å²) in [5.41, 5.74) is 1.64. The average molecular weight is 391 g/mol. The van der Waals surface area contributed by atoms with Crippen molar-refractivity contribution in [1.82, 2.24) is 4.90 Å². The number of aryl methyl sites for hydroxylation is 1. The highest BCUT2D eigenvalue weighted by Gasteiger charge is 2.50. The molecule has 1 fully saturated rings. The Bertz CT molecular complexity index is 718. The van der Waals surface area contributed by atoms with Crippen molar-refractivity contribution in [3.8, 4) is 0 Å². The number of halogens is 1. The Hall–Kier alpha value is -1.95. The smallest absolute Gasteiger partial charge is 0.247 e. The van der Waals surface area contributed by atoms with E-state index in [1.165, 1.54) is 0 Å². The van der Waals surface area contributed by atoms with E-state index in [2.05, 4.69) is 21.2 Å². The molecule has 3 atom stereocenters. The zero-order valence-electron chi connectivity index (χ0n) is 13.6. The highest BCUT2D eigenvalue weighted by Crippen LogP contribution is 2.36. The monoisotopic (exact) mass is 390 g/mol. The molecule has 5 nitrogen and oxygen atoms in total. The average Bonchev–Trinajstić information content (AvgIpc) is 2.82. The Morgan fingerprint density at radius 1 is 1.21 bits per heavy atom. The topological polar surface area (TPSA) is 66.5 Å². The fourth-order valence-corrected chi connectivity index (χ4v) is 3.54. The number of amides is 3. The minimum absolute atomic E-state index is 0.232. The summed E-state index contributed by atoms with van der Waals surface area (Å²) in [5, 5.41) is 2.79. The molecule has 0 aromatic heterocycles. The third kappa shape index (κ3) is 2.90. The number of likely N-dealkylation sites (tertiary alicyclic amines) is 1.